The topological polar surface area (TPSA) is 93.1 Å². The lowest BCUT2D eigenvalue weighted by Crippen LogP contribution is -2.58. The number of carbonyl (C=O) groups is 2. The van der Waals surface area contributed by atoms with Crippen LogP contribution in [0.2, 0.25) is 0 Å². The molecule has 39 heavy (non-hydrogen) atoms. The van der Waals surface area contributed by atoms with Crippen LogP contribution in [0.4, 0.5) is 0 Å². The highest BCUT2D eigenvalue weighted by atomic mass is 16.5. The number of hydrogen-bond donors (Lipinski definition) is 2. The highest BCUT2D eigenvalue weighted by molar-refractivity contribution is 5.85. The Balaban J connectivity index is 1.73. The van der Waals surface area contributed by atoms with Crippen LogP contribution in [0.1, 0.15) is 107 Å². The van der Waals surface area contributed by atoms with Gasteiger partial charge in [-0.3, -0.25) is 4.79 Å². The van der Waals surface area contributed by atoms with Crippen molar-refractivity contribution >= 4 is 11.9 Å². The molecule has 6 heteroatoms. The second kappa shape index (κ2) is 10.3. The fourth-order valence-electron chi connectivity index (χ4n) is 9.93. The van der Waals surface area contributed by atoms with Crippen molar-refractivity contribution < 1.29 is 29.3 Å². The molecule has 2 fully saturated rings. The molecular weight excluding hydrogens is 492 g/mol. The first-order valence-electron chi connectivity index (χ1n) is 15.1. The molecule has 2 N–H and O–H groups in total. The molecule has 0 aromatic heterocycles. The average Bonchev–Trinajstić information content (AvgIpc) is 3.14. The number of aliphatic hydroxyl groups excluding tert-OH is 1. The molecule has 6 nitrogen and oxygen atoms in total. The van der Waals surface area contributed by atoms with E-state index in [0.29, 0.717) is 18.3 Å². The maximum Gasteiger partial charge on any atom is 0.330 e. The summed E-state index contributed by atoms with van der Waals surface area (Å²) in [5, 5.41) is 20.3. The van der Waals surface area contributed by atoms with Crippen LogP contribution in [-0.2, 0) is 19.1 Å². The number of fused-ring (bicyclic) bond motifs is 4. The molecule has 0 heterocycles. The van der Waals surface area contributed by atoms with Crippen LogP contribution in [-0.4, -0.2) is 47.6 Å². The third-order valence-corrected chi connectivity index (χ3v) is 12.6. The van der Waals surface area contributed by atoms with Gasteiger partial charge in [0.15, 0.2) is 0 Å². The Bertz CT molecular complexity index is 1060. The van der Waals surface area contributed by atoms with Crippen LogP contribution in [0, 0.1) is 39.4 Å². The zero-order chi connectivity index (χ0) is 29.1. The second-order valence-corrected chi connectivity index (χ2v) is 14.5. The summed E-state index contributed by atoms with van der Waals surface area (Å²) in [4.78, 5) is 23.5. The molecule has 9 unspecified atom stereocenters. The largest absolute Gasteiger partial charge is 0.478 e. The van der Waals surface area contributed by atoms with Gasteiger partial charge in [0.25, 0.3) is 0 Å². The molecule has 0 aromatic rings. The molecule has 4 rings (SSSR count). The van der Waals surface area contributed by atoms with Crippen molar-refractivity contribution in [2.45, 2.75) is 125 Å². The molecule has 0 bridgehead atoms. The van der Waals surface area contributed by atoms with E-state index >= 15 is 0 Å². The molecule has 0 aliphatic heterocycles. The summed E-state index contributed by atoms with van der Waals surface area (Å²) in [6.45, 7) is 17.1. The monoisotopic (exact) mass is 544 g/mol. The lowest BCUT2D eigenvalue weighted by molar-refractivity contribution is -0.151. The summed E-state index contributed by atoms with van der Waals surface area (Å²) < 4.78 is 12.2. The molecule has 220 valence electrons. The molecule has 0 amide bonds. The van der Waals surface area contributed by atoms with Crippen molar-refractivity contribution in [1.82, 2.24) is 0 Å². The number of carboxylic acid groups (broad SMARTS) is 1. The molecule has 2 saturated carbocycles. The summed E-state index contributed by atoms with van der Waals surface area (Å²) >= 11 is 0. The van der Waals surface area contributed by atoms with Gasteiger partial charge in [-0.25, -0.2) is 4.79 Å². The Kier molecular flexibility index (Phi) is 8.01. The van der Waals surface area contributed by atoms with Crippen LogP contribution >= 0.6 is 0 Å². The van der Waals surface area contributed by atoms with Crippen molar-refractivity contribution in [3.8, 4) is 0 Å². The van der Waals surface area contributed by atoms with E-state index in [4.69, 9.17) is 9.47 Å². The van der Waals surface area contributed by atoms with Crippen LogP contribution in [0.5, 0.6) is 0 Å². The predicted octanol–water partition coefficient (Wildman–Crippen LogP) is 6.71. The number of esters is 1. The van der Waals surface area contributed by atoms with E-state index in [1.165, 1.54) is 12.5 Å². The van der Waals surface area contributed by atoms with Gasteiger partial charge in [0.05, 0.1) is 12.2 Å². The van der Waals surface area contributed by atoms with Gasteiger partial charge in [-0.2, -0.15) is 0 Å². The van der Waals surface area contributed by atoms with Crippen LogP contribution < -0.4 is 0 Å². The summed E-state index contributed by atoms with van der Waals surface area (Å²) in [5.74, 6) is -0.450. The fourth-order valence-corrected chi connectivity index (χ4v) is 9.93. The number of hydrogen-bond acceptors (Lipinski definition) is 5. The number of allylic oxidation sites excluding steroid dienone is 1. The maximum atomic E-state index is 12.1. The summed E-state index contributed by atoms with van der Waals surface area (Å²) in [7, 11) is 1.85. The van der Waals surface area contributed by atoms with E-state index in [1.54, 1.807) is 18.6 Å². The molecule has 0 aromatic carbocycles. The molecule has 4 aliphatic carbocycles. The summed E-state index contributed by atoms with van der Waals surface area (Å²) in [6, 6.07) is 0. The number of rotatable bonds is 7. The molecule has 0 saturated heterocycles. The van der Waals surface area contributed by atoms with Crippen molar-refractivity contribution in [2.75, 3.05) is 7.11 Å². The van der Waals surface area contributed by atoms with Crippen molar-refractivity contribution in [3.63, 3.8) is 0 Å². The van der Waals surface area contributed by atoms with Gasteiger partial charge < -0.3 is 19.7 Å². The van der Waals surface area contributed by atoms with Gasteiger partial charge in [0, 0.05) is 26.0 Å². The van der Waals surface area contributed by atoms with Gasteiger partial charge in [0.2, 0.25) is 0 Å². The Labute approximate surface area is 235 Å². The molecule has 0 radical (unpaired) electrons. The predicted molar refractivity (Wildman–Crippen MR) is 152 cm³/mol. The lowest BCUT2D eigenvalue weighted by atomic mass is 9.42. The number of aliphatic carboxylic acids is 1. The number of carbonyl (C=O) groups excluding carboxylic acids is 1. The molecule has 0 spiro atoms. The summed E-state index contributed by atoms with van der Waals surface area (Å²) in [6.07, 6.45) is 8.56. The lowest BCUT2D eigenvalue weighted by Gasteiger charge is -2.63. The number of carboxylic acids is 1. The first-order valence-corrected chi connectivity index (χ1v) is 15.1. The van der Waals surface area contributed by atoms with E-state index in [2.05, 4.69) is 41.5 Å². The fraction of sp³-hybridized carbons (Fsp3) is 0.818. The van der Waals surface area contributed by atoms with E-state index in [1.807, 2.05) is 7.11 Å². The van der Waals surface area contributed by atoms with Gasteiger partial charge in [-0.15, -0.1) is 0 Å². The third-order valence-electron chi connectivity index (χ3n) is 12.6. The summed E-state index contributed by atoms with van der Waals surface area (Å²) in [5.41, 5.74) is 3.29. The van der Waals surface area contributed by atoms with Gasteiger partial charge in [-0.05, 0) is 96.9 Å². The van der Waals surface area contributed by atoms with Crippen LogP contribution in [0.3, 0.4) is 0 Å². The van der Waals surface area contributed by atoms with Crippen molar-refractivity contribution in [2.24, 2.45) is 39.4 Å². The highest BCUT2D eigenvalue weighted by Gasteiger charge is 2.65. The average molecular weight is 545 g/mol. The minimum atomic E-state index is -0.940. The van der Waals surface area contributed by atoms with Gasteiger partial charge >= 0.3 is 11.9 Å². The molecular formula is C33H52O6. The second-order valence-electron chi connectivity index (χ2n) is 14.5. The number of aliphatic hydroxyl groups is 1. The highest BCUT2D eigenvalue weighted by Crippen LogP contribution is 2.72. The first-order chi connectivity index (χ1) is 18.0. The van der Waals surface area contributed by atoms with Crippen molar-refractivity contribution in [3.05, 3.63) is 22.8 Å². The van der Waals surface area contributed by atoms with E-state index in [0.717, 1.165) is 44.9 Å². The normalized spacial score (nSPS) is 41.2. The van der Waals surface area contributed by atoms with Gasteiger partial charge in [-0.1, -0.05) is 53.2 Å². The minimum Gasteiger partial charge on any atom is -0.478 e. The quantitative estimate of drug-likeness (QED) is 0.210. The zero-order valence-corrected chi connectivity index (χ0v) is 25.7. The third kappa shape index (κ3) is 4.62. The van der Waals surface area contributed by atoms with E-state index < -0.39 is 5.97 Å². The minimum absolute atomic E-state index is 0.0128. The van der Waals surface area contributed by atoms with Crippen LogP contribution in [0.25, 0.3) is 0 Å². The SMILES string of the molecule is COC1CC2C(C)(CCC(O)C2(C)C)C2=C1C1(C)CCC(C(C)C(C/C=C(\C)C(=O)O)OC(C)=O)C1(C)CC2. The van der Waals surface area contributed by atoms with Crippen molar-refractivity contribution in [1.29, 1.82) is 0 Å². The zero-order valence-electron chi connectivity index (χ0n) is 25.7. The van der Waals surface area contributed by atoms with E-state index in [9.17, 15) is 19.8 Å². The Morgan fingerprint density at radius 1 is 1.08 bits per heavy atom. The Morgan fingerprint density at radius 2 is 1.74 bits per heavy atom. The molecule has 4 aliphatic rings. The van der Waals surface area contributed by atoms with E-state index in [-0.39, 0.29) is 57.4 Å². The Morgan fingerprint density at radius 3 is 2.33 bits per heavy atom. The molecule has 9 atom stereocenters. The van der Waals surface area contributed by atoms with Crippen LogP contribution in [0.15, 0.2) is 22.8 Å². The standard InChI is InChI=1S/C33H52O6/c1-19(29(36)37)10-11-24(39-21(3)34)20(2)22-12-17-33(8)28-23(13-16-32(22,33)7)31(6)15-14-27(35)30(4,5)26(31)18-25(28)38-9/h10,20,22,24-27,35H,11-18H2,1-9H3,(H,36,37)/b19-10+. The number of ether oxygens (including phenoxy) is 2. The van der Waals surface area contributed by atoms with Gasteiger partial charge in [0.1, 0.15) is 6.10 Å². The first kappa shape index (κ1) is 30.3. The maximum absolute atomic E-state index is 12.1. The number of methoxy groups -OCH3 is 1. The Hall–Kier alpha value is -1.66. The smallest absolute Gasteiger partial charge is 0.330 e.